The van der Waals surface area contributed by atoms with Gasteiger partial charge in [0, 0.05) is 26.0 Å². The van der Waals surface area contributed by atoms with Crippen LogP contribution in [0.5, 0.6) is 0 Å². The highest BCUT2D eigenvalue weighted by atomic mass is 127. The first-order valence-electron chi connectivity index (χ1n) is 9.61. The van der Waals surface area contributed by atoms with Gasteiger partial charge in [-0.1, -0.05) is 0 Å². The minimum atomic E-state index is -0.924. The van der Waals surface area contributed by atoms with Gasteiger partial charge in [0.1, 0.15) is 6.10 Å². The molecule has 1 amide bonds. The average molecular weight is 820 g/mol. The third-order valence-corrected chi connectivity index (χ3v) is 8.02. The summed E-state index contributed by atoms with van der Waals surface area (Å²) < 4.78 is 16.9. The van der Waals surface area contributed by atoms with Crippen LogP contribution in [0.25, 0.3) is 0 Å². The van der Waals surface area contributed by atoms with E-state index in [0.29, 0.717) is 10.7 Å². The van der Waals surface area contributed by atoms with Gasteiger partial charge < -0.3 is 24.6 Å². The van der Waals surface area contributed by atoms with Crippen molar-refractivity contribution in [3.8, 4) is 0 Å². The van der Waals surface area contributed by atoms with Crippen molar-refractivity contribution < 1.29 is 38.5 Å². The number of benzene rings is 1. The molecule has 2 rings (SSSR count). The lowest BCUT2D eigenvalue weighted by Crippen LogP contribution is -2.31. The molecular formula is C20H21ClI3NO8. The number of nitrogens with one attached hydrogen (secondary N) is 1. The number of rotatable bonds is 9. The van der Waals surface area contributed by atoms with E-state index >= 15 is 0 Å². The molecule has 13 heteroatoms. The highest BCUT2D eigenvalue weighted by Crippen LogP contribution is 2.37. The first-order valence-corrected chi connectivity index (χ1v) is 13.2. The summed E-state index contributed by atoms with van der Waals surface area (Å²) in [7, 11) is 0. The number of carbonyl (C=O) groups excluding carboxylic acids is 4. The van der Waals surface area contributed by atoms with E-state index in [1.807, 2.05) is 67.8 Å². The highest BCUT2D eigenvalue weighted by molar-refractivity contribution is 14.1. The molecule has 182 valence electrons. The predicted molar refractivity (Wildman–Crippen MR) is 145 cm³/mol. The molecule has 2 N–H and O–H groups in total. The van der Waals surface area contributed by atoms with Crippen LogP contribution >= 0.6 is 79.4 Å². The Morgan fingerprint density at radius 1 is 1.18 bits per heavy atom. The fraction of sp³-hybridized carbons (Fsp3) is 0.500. The third kappa shape index (κ3) is 7.67. The monoisotopic (exact) mass is 819 g/mol. The minimum Gasteiger partial charge on any atom is -0.456 e. The Morgan fingerprint density at radius 2 is 1.79 bits per heavy atom. The molecule has 1 fully saturated rings. The number of esters is 1. The molecular weight excluding hydrogens is 798 g/mol. The highest BCUT2D eigenvalue weighted by Gasteiger charge is 2.37. The summed E-state index contributed by atoms with van der Waals surface area (Å²) in [6.07, 6.45) is -1.41. The van der Waals surface area contributed by atoms with Gasteiger partial charge in [0.05, 0.1) is 27.5 Å². The van der Waals surface area contributed by atoms with Crippen LogP contribution in [0.4, 0.5) is 5.69 Å². The molecule has 0 radical (unpaired) electrons. The molecule has 1 aromatic rings. The Hall–Kier alpha value is -0.140. The Labute approximate surface area is 236 Å². The number of amides is 1. The summed E-state index contributed by atoms with van der Waals surface area (Å²) in [6, 6.07) is 0. The maximum atomic E-state index is 13.1. The standard InChI is InChI=1S/C20H21ClI3NO8/c1-8(26)31-7-12(29)25-18-16(23)13(15(22)14(17(18)24)19(21)30)10(28)5-4-9(27)11-6-32-20(2,3)33-11/h9,11,27H,4-7H2,1-3H3,(H,25,29). The summed E-state index contributed by atoms with van der Waals surface area (Å²) in [6.45, 7) is 4.34. The molecule has 0 aliphatic carbocycles. The molecule has 0 bridgehead atoms. The number of hydrogen-bond donors (Lipinski definition) is 2. The SMILES string of the molecule is CC(=O)OCC(=O)Nc1c(I)c(C(=O)Cl)c(I)c(C(=O)CCC(O)C2COC(C)(C)O2)c1I. The Morgan fingerprint density at radius 3 is 2.30 bits per heavy atom. The minimum absolute atomic E-state index is 0.0369. The molecule has 9 nitrogen and oxygen atoms in total. The molecule has 1 saturated heterocycles. The number of aliphatic hydroxyl groups excluding tert-OH is 1. The van der Waals surface area contributed by atoms with Crippen LogP contribution < -0.4 is 5.32 Å². The number of Topliss-reactive ketones (excluding diaryl/α,β-unsaturated/α-hetero) is 1. The zero-order valence-corrected chi connectivity index (χ0v) is 25.0. The molecule has 1 aliphatic heterocycles. The van der Waals surface area contributed by atoms with E-state index in [4.69, 9.17) is 25.8 Å². The second-order valence-corrected chi connectivity index (χ2v) is 11.1. The van der Waals surface area contributed by atoms with Crippen molar-refractivity contribution in [1.29, 1.82) is 0 Å². The van der Waals surface area contributed by atoms with Crippen molar-refractivity contribution in [2.45, 2.75) is 51.6 Å². The summed E-state index contributed by atoms with van der Waals surface area (Å²) in [5.74, 6) is -2.40. The zero-order valence-electron chi connectivity index (χ0n) is 17.8. The summed E-state index contributed by atoms with van der Waals surface area (Å²) >= 11 is 11.4. The van der Waals surface area contributed by atoms with Gasteiger partial charge in [0.25, 0.3) is 11.1 Å². The van der Waals surface area contributed by atoms with E-state index in [1.54, 1.807) is 13.8 Å². The molecule has 1 heterocycles. The number of ether oxygens (including phenoxy) is 3. The predicted octanol–water partition coefficient (Wildman–Crippen LogP) is 3.86. The lowest BCUT2D eigenvalue weighted by atomic mass is 10.00. The van der Waals surface area contributed by atoms with Crippen molar-refractivity contribution in [3.05, 3.63) is 21.8 Å². The number of anilines is 1. The smallest absolute Gasteiger partial charge is 0.303 e. The van der Waals surface area contributed by atoms with E-state index in [1.165, 1.54) is 6.92 Å². The van der Waals surface area contributed by atoms with Crippen molar-refractivity contribution in [2.24, 2.45) is 0 Å². The molecule has 2 unspecified atom stereocenters. The maximum absolute atomic E-state index is 13.1. The van der Waals surface area contributed by atoms with Gasteiger partial charge in [0.2, 0.25) is 0 Å². The molecule has 2 atom stereocenters. The first-order chi connectivity index (χ1) is 15.2. The molecule has 1 aromatic carbocycles. The number of carbonyl (C=O) groups is 4. The number of aliphatic hydroxyl groups is 1. The van der Waals surface area contributed by atoms with Gasteiger partial charge in [-0.25, -0.2) is 0 Å². The van der Waals surface area contributed by atoms with Gasteiger partial charge in [-0.2, -0.15) is 0 Å². The molecule has 0 spiro atoms. The van der Waals surface area contributed by atoms with Crippen molar-refractivity contribution >= 4 is 108 Å². The van der Waals surface area contributed by atoms with Crippen molar-refractivity contribution in [2.75, 3.05) is 18.5 Å². The Bertz CT molecular complexity index is 985. The van der Waals surface area contributed by atoms with Crippen LogP contribution in [-0.2, 0) is 23.8 Å². The molecule has 33 heavy (non-hydrogen) atoms. The molecule has 0 saturated carbocycles. The fourth-order valence-electron chi connectivity index (χ4n) is 3.03. The first kappa shape index (κ1) is 29.1. The summed E-state index contributed by atoms with van der Waals surface area (Å²) in [4.78, 5) is 48.5. The van der Waals surface area contributed by atoms with E-state index < -0.39 is 41.7 Å². The van der Waals surface area contributed by atoms with Gasteiger partial charge >= 0.3 is 5.97 Å². The van der Waals surface area contributed by atoms with Crippen molar-refractivity contribution in [1.82, 2.24) is 0 Å². The normalized spacial score (nSPS) is 18.0. The van der Waals surface area contributed by atoms with Gasteiger partial charge in [-0.15, -0.1) is 0 Å². The lowest BCUT2D eigenvalue weighted by molar-refractivity contribution is -0.151. The number of halogens is 4. The Balaban J connectivity index is 2.30. The topological polar surface area (TPSA) is 128 Å². The van der Waals surface area contributed by atoms with Crippen LogP contribution in [0.3, 0.4) is 0 Å². The van der Waals surface area contributed by atoms with Crippen LogP contribution in [0.2, 0.25) is 0 Å². The lowest BCUT2D eigenvalue weighted by Gasteiger charge is -2.21. The molecule has 0 aromatic heterocycles. The summed E-state index contributed by atoms with van der Waals surface area (Å²) in [5, 5.41) is 12.2. The second kappa shape index (κ2) is 12.2. The van der Waals surface area contributed by atoms with Gasteiger partial charge in [-0.05, 0) is 99.6 Å². The van der Waals surface area contributed by atoms with Crippen molar-refractivity contribution in [3.63, 3.8) is 0 Å². The van der Waals surface area contributed by atoms with Crippen LogP contribution in [0, 0.1) is 10.7 Å². The quantitative estimate of drug-likeness (QED) is 0.167. The van der Waals surface area contributed by atoms with E-state index in [9.17, 15) is 24.3 Å². The average Bonchev–Trinajstić information content (AvgIpc) is 3.07. The largest absolute Gasteiger partial charge is 0.456 e. The number of hydrogen-bond acceptors (Lipinski definition) is 8. The molecule has 1 aliphatic rings. The van der Waals surface area contributed by atoms with Crippen LogP contribution in [0.15, 0.2) is 0 Å². The van der Waals surface area contributed by atoms with E-state index in [0.717, 1.165) is 0 Å². The summed E-state index contributed by atoms with van der Waals surface area (Å²) in [5.41, 5.74) is 0.509. The maximum Gasteiger partial charge on any atom is 0.303 e. The Kier molecular flexibility index (Phi) is 10.8. The van der Waals surface area contributed by atoms with Crippen LogP contribution in [0.1, 0.15) is 54.3 Å². The second-order valence-electron chi connectivity index (χ2n) is 7.57. The van der Waals surface area contributed by atoms with Gasteiger partial charge in [0.15, 0.2) is 18.2 Å². The van der Waals surface area contributed by atoms with Gasteiger partial charge in [-0.3, -0.25) is 19.2 Å². The number of ketones is 1. The zero-order chi connectivity index (χ0) is 25.1. The van der Waals surface area contributed by atoms with E-state index in [2.05, 4.69) is 5.32 Å². The van der Waals surface area contributed by atoms with Crippen LogP contribution in [-0.4, -0.2) is 59.2 Å². The van der Waals surface area contributed by atoms with E-state index in [-0.39, 0.29) is 42.0 Å². The third-order valence-electron chi connectivity index (χ3n) is 4.59. The fourth-order valence-corrected chi connectivity index (χ4v) is 8.06.